The lowest BCUT2D eigenvalue weighted by molar-refractivity contribution is 0.523. The first-order valence-electron chi connectivity index (χ1n) is 6.76. The van der Waals surface area contributed by atoms with E-state index in [2.05, 4.69) is 33.3 Å². The lowest BCUT2D eigenvalue weighted by Crippen LogP contribution is -2.24. The Kier molecular flexibility index (Phi) is 5.31. The molecule has 0 aliphatic heterocycles. The van der Waals surface area contributed by atoms with Crippen LogP contribution < -0.4 is 5.32 Å². The molecule has 1 atom stereocenters. The fourth-order valence-corrected chi connectivity index (χ4v) is 2.42. The van der Waals surface area contributed by atoms with Crippen molar-refractivity contribution in [1.29, 1.82) is 0 Å². The quantitative estimate of drug-likeness (QED) is 0.871. The summed E-state index contributed by atoms with van der Waals surface area (Å²) in [5.41, 5.74) is 2.10. The predicted octanol–water partition coefficient (Wildman–Crippen LogP) is 3.61. The van der Waals surface area contributed by atoms with Gasteiger partial charge in [0.15, 0.2) is 0 Å². The largest absolute Gasteiger partial charge is 0.310 e. The second-order valence-corrected chi connectivity index (χ2v) is 5.76. The third-order valence-electron chi connectivity index (χ3n) is 3.18. The molecule has 5 heteroatoms. The molecule has 108 valence electrons. The Labute approximate surface area is 127 Å². The summed E-state index contributed by atoms with van der Waals surface area (Å²) in [5, 5.41) is 7.65. The molecule has 0 bridgehead atoms. The lowest BCUT2D eigenvalue weighted by Gasteiger charge is -2.18. The second-order valence-electron chi connectivity index (χ2n) is 4.91. The Hall–Kier alpha value is -1.20. The predicted molar refractivity (Wildman–Crippen MR) is 82.0 cm³/mol. The molecule has 0 radical (unpaired) electrons. The highest BCUT2D eigenvalue weighted by Crippen LogP contribution is 2.23. The van der Waals surface area contributed by atoms with Gasteiger partial charge in [0.2, 0.25) is 0 Å². The molecule has 1 N–H and O–H groups in total. The van der Waals surface area contributed by atoms with Crippen molar-refractivity contribution in [3.05, 3.63) is 52.0 Å². The molecule has 1 aromatic heterocycles. The topological polar surface area (TPSA) is 29.9 Å². The maximum absolute atomic E-state index is 13.7. The van der Waals surface area contributed by atoms with E-state index in [0.717, 1.165) is 30.5 Å². The van der Waals surface area contributed by atoms with Crippen LogP contribution in [0.5, 0.6) is 0 Å². The van der Waals surface area contributed by atoms with Gasteiger partial charge in [-0.1, -0.05) is 13.0 Å². The van der Waals surface area contributed by atoms with E-state index < -0.39 is 0 Å². The molecule has 1 aromatic carbocycles. The van der Waals surface area contributed by atoms with Gasteiger partial charge < -0.3 is 5.32 Å². The average molecular weight is 340 g/mol. The molecule has 20 heavy (non-hydrogen) atoms. The van der Waals surface area contributed by atoms with Gasteiger partial charge in [-0.05, 0) is 58.6 Å². The van der Waals surface area contributed by atoms with E-state index in [4.69, 9.17) is 0 Å². The van der Waals surface area contributed by atoms with Crippen LogP contribution in [0, 0.1) is 5.82 Å². The number of benzene rings is 1. The number of rotatable bonds is 6. The summed E-state index contributed by atoms with van der Waals surface area (Å²) in [6.07, 6.45) is 5.70. The summed E-state index contributed by atoms with van der Waals surface area (Å²) in [6, 6.07) is 5.40. The Morgan fingerprint density at radius 2 is 2.25 bits per heavy atom. The molecule has 1 heterocycles. The standard InChI is InChI=1S/C15H19BrFN3/c1-3-6-18-15(7-11-9-19-20(2)10-11)12-4-5-13(16)14(17)8-12/h4-5,8-10,15,18H,3,6-7H2,1-2H3. The molecule has 2 rings (SSSR count). The fraction of sp³-hybridized carbons (Fsp3) is 0.400. The number of halogens is 2. The first kappa shape index (κ1) is 15.2. The first-order chi connectivity index (χ1) is 9.60. The highest BCUT2D eigenvalue weighted by Gasteiger charge is 2.14. The van der Waals surface area contributed by atoms with E-state index in [1.54, 1.807) is 16.8 Å². The fourth-order valence-electron chi connectivity index (χ4n) is 2.17. The molecule has 3 nitrogen and oxygen atoms in total. The van der Waals surface area contributed by atoms with Crippen molar-refractivity contribution >= 4 is 15.9 Å². The van der Waals surface area contributed by atoms with E-state index >= 15 is 0 Å². The molecule has 2 aromatic rings. The Bertz CT molecular complexity index is 568. The van der Waals surface area contributed by atoms with E-state index in [1.165, 1.54) is 0 Å². The lowest BCUT2D eigenvalue weighted by atomic mass is 10.0. The number of hydrogen-bond donors (Lipinski definition) is 1. The minimum atomic E-state index is -0.225. The molecule has 0 saturated heterocycles. The monoisotopic (exact) mass is 339 g/mol. The summed E-state index contributed by atoms with van der Waals surface area (Å²) < 4.78 is 16.0. The molecule has 0 aliphatic rings. The molecule has 0 spiro atoms. The van der Waals surface area contributed by atoms with Crippen LogP contribution in [0.4, 0.5) is 4.39 Å². The van der Waals surface area contributed by atoms with E-state index in [1.807, 2.05) is 25.5 Å². The van der Waals surface area contributed by atoms with Gasteiger partial charge in [-0.2, -0.15) is 5.10 Å². The van der Waals surface area contributed by atoms with Crippen molar-refractivity contribution in [3.63, 3.8) is 0 Å². The molecule has 0 amide bonds. The van der Waals surface area contributed by atoms with Crippen molar-refractivity contribution in [2.45, 2.75) is 25.8 Å². The Morgan fingerprint density at radius 1 is 1.45 bits per heavy atom. The number of aryl methyl sites for hydroxylation is 1. The third-order valence-corrected chi connectivity index (χ3v) is 3.83. The van der Waals surface area contributed by atoms with Gasteiger partial charge in [-0.25, -0.2) is 4.39 Å². The van der Waals surface area contributed by atoms with Gasteiger partial charge in [0, 0.05) is 19.3 Å². The van der Waals surface area contributed by atoms with Gasteiger partial charge in [0.05, 0.1) is 10.7 Å². The van der Waals surface area contributed by atoms with E-state index in [0.29, 0.717) is 4.47 Å². The molecule has 0 fully saturated rings. The van der Waals surface area contributed by atoms with Gasteiger partial charge in [0.1, 0.15) is 5.82 Å². The maximum Gasteiger partial charge on any atom is 0.137 e. The first-order valence-corrected chi connectivity index (χ1v) is 7.55. The van der Waals surface area contributed by atoms with Crippen molar-refractivity contribution in [1.82, 2.24) is 15.1 Å². The zero-order valence-corrected chi connectivity index (χ0v) is 13.3. The van der Waals surface area contributed by atoms with Gasteiger partial charge in [0.25, 0.3) is 0 Å². The summed E-state index contributed by atoms with van der Waals surface area (Å²) >= 11 is 3.19. The van der Waals surface area contributed by atoms with Crippen LogP contribution in [-0.4, -0.2) is 16.3 Å². The van der Waals surface area contributed by atoms with Gasteiger partial charge in [-0.15, -0.1) is 0 Å². The Balaban J connectivity index is 2.19. The van der Waals surface area contributed by atoms with Crippen LogP contribution in [0.2, 0.25) is 0 Å². The van der Waals surface area contributed by atoms with Crippen molar-refractivity contribution < 1.29 is 4.39 Å². The van der Waals surface area contributed by atoms with E-state index in [9.17, 15) is 4.39 Å². The zero-order valence-electron chi connectivity index (χ0n) is 11.7. The maximum atomic E-state index is 13.7. The van der Waals surface area contributed by atoms with Crippen LogP contribution >= 0.6 is 15.9 Å². The smallest absolute Gasteiger partial charge is 0.137 e. The molecule has 0 aliphatic carbocycles. The summed E-state index contributed by atoms with van der Waals surface area (Å²) in [6.45, 7) is 3.03. The summed E-state index contributed by atoms with van der Waals surface area (Å²) in [5.74, 6) is -0.225. The molecular weight excluding hydrogens is 321 g/mol. The number of nitrogens with zero attached hydrogens (tertiary/aromatic N) is 2. The summed E-state index contributed by atoms with van der Waals surface area (Å²) in [7, 11) is 1.90. The van der Waals surface area contributed by atoms with Crippen molar-refractivity contribution in [3.8, 4) is 0 Å². The zero-order chi connectivity index (χ0) is 14.5. The number of nitrogens with one attached hydrogen (secondary N) is 1. The van der Waals surface area contributed by atoms with Crippen LogP contribution in [0.1, 0.15) is 30.5 Å². The van der Waals surface area contributed by atoms with Crippen LogP contribution in [0.15, 0.2) is 35.1 Å². The highest BCUT2D eigenvalue weighted by atomic mass is 79.9. The SMILES string of the molecule is CCCNC(Cc1cnn(C)c1)c1ccc(Br)c(F)c1. The molecule has 1 unspecified atom stereocenters. The van der Waals surface area contributed by atoms with Crippen molar-refractivity contribution in [2.75, 3.05) is 6.54 Å². The average Bonchev–Trinajstić information content (AvgIpc) is 2.83. The number of hydrogen-bond acceptors (Lipinski definition) is 2. The van der Waals surface area contributed by atoms with Crippen LogP contribution in [0.3, 0.4) is 0 Å². The van der Waals surface area contributed by atoms with Gasteiger partial charge in [-0.3, -0.25) is 4.68 Å². The second kappa shape index (κ2) is 6.99. The molecular formula is C15H19BrFN3. The summed E-state index contributed by atoms with van der Waals surface area (Å²) in [4.78, 5) is 0. The van der Waals surface area contributed by atoms with Crippen molar-refractivity contribution in [2.24, 2.45) is 7.05 Å². The number of aromatic nitrogens is 2. The minimum Gasteiger partial charge on any atom is -0.310 e. The third kappa shape index (κ3) is 3.90. The van der Waals surface area contributed by atoms with Gasteiger partial charge >= 0.3 is 0 Å². The van der Waals surface area contributed by atoms with Crippen LogP contribution in [0.25, 0.3) is 0 Å². The normalized spacial score (nSPS) is 12.6. The van der Waals surface area contributed by atoms with Crippen LogP contribution in [-0.2, 0) is 13.5 Å². The minimum absolute atomic E-state index is 0.0988. The highest BCUT2D eigenvalue weighted by molar-refractivity contribution is 9.10. The van der Waals surface area contributed by atoms with E-state index in [-0.39, 0.29) is 11.9 Å². The Morgan fingerprint density at radius 3 is 2.85 bits per heavy atom. The molecule has 0 saturated carbocycles.